The molecule has 0 aliphatic heterocycles. The van der Waals surface area contributed by atoms with Crippen molar-refractivity contribution in [2.75, 3.05) is 7.11 Å². The summed E-state index contributed by atoms with van der Waals surface area (Å²) >= 11 is 0. The predicted molar refractivity (Wildman–Crippen MR) is 100 cm³/mol. The summed E-state index contributed by atoms with van der Waals surface area (Å²) in [7, 11) is 1.67. The smallest absolute Gasteiger partial charge is 0.154 e. The van der Waals surface area contributed by atoms with Gasteiger partial charge in [0.1, 0.15) is 11.9 Å². The number of hydrogen-bond donors (Lipinski definition) is 0. The van der Waals surface area contributed by atoms with E-state index in [9.17, 15) is 0 Å². The largest absolute Gasteiger partial charge is 0.496 e. The zero-order valence-corrected chi connectivity index (χ0v) is 14.5. The Morgan fingerprint density at radius 2 is 1.88 bits per heavy atom. The molecular weight excluding hydrogens is 324 g/mol. The molecule has 1 radical (unpaired) electrons. The first-order chi connectivity index (χ1) is 12.7. The van der Waals surface area contributed by atoms with Crippen LogP contribution in [0, 0.1) is 13.1 Å². The molecule has 5 nitrogen and oxygen atoms in total. The average molecular weight is 341 g/mol. The van der Waals surface area contributed by atoms with E-state index < -0.39 is 0 Å². The topological polar surface area (TPSA) is 52.8 Å². The van der Waals surface area contributed by atoms with Crippen LogP contribution in [0.2, 0.25) is 0 Å². The van der Waals surface area contributed by atoms with Gasteiger partial charge in [-0.25, -0.2) is 9.67 Å². The predicted octanol–water partition coefficient (Wildman–Crippen LogP) is 4.11. The number of benzene rings is 1. The van der Waals surface area contributed by atoms with Crippen molar-refractivity contribution in [3.63, 3.8) is 0 Å². The molecule has 127 valence electrons. The van der Waals surface area contributed by atoms with Gasteiger partial charge in [-0.2, -0.15) is 5.10 Å². The molecule has 3 heterocycles. The second kappa shape index (κ2) is 6.80. The first-order valence-corrected chi connectivity index (χ1v) is 8.25. The summed E-state index contributed by atoms with van der Waals surface area (Å²) in [6.07, 6.45) is 8.61. The number of aromatic nitrogens is 4. The maximum Gasteiger partial charge on any atom is 0.154 e. The van der Waals surface area contributed by atoms with Crippen molar-refractivity contribution >= 4 is 0 Å². The molecule has 5 heteroatoms. The SMILES string of the molecule is COc1ccccc1-c1ccc(-c2[c]nc(-n3cc(C)cn3)cc2)nc1. The molecule has 3 aromatic heterocycles. The molecule has 0 aliphatic rings. The Labute approximate surface area is 151 Å². The summed E-state index contributed by atoms with van der Waals surface area (Å²) < 4.78 is 7.15. The highest BCUT2D eigenvalue weighted by Gasteiger charge is 2.07. The van der Waals surface area contributed by atoms with Gasteiger partial charge >= 0.3 is 0 Å². The van der Waals surface area contributed by atoms with Crippen LogP contribution in [0.15, 0.2) is 67.1 Å². The van der Waals surface area contributed by atoms with Crippen molar-refractivity contribution in [3.8, 4) is 34.0 Å². The van der Waals surface area contributed by atoms with Crippen LogP contribution in [0.5, 0.6) is 5.75 Å². The third kappa shape index (κ3) is 3.07. The van der Waals surface area contributed by atoms with Gasteiger partial charge in [0.25, 0.3) is 0 Å². The first-order valence-electron chi connectivity index (χ1n) is 8.25. The van der Waals surface area contributed by atoms with Crippen LogP contribution >= 0.6 is 0 Å². The van der Waals surface area contributed by atoms with E-state index in [0.717, 1.165) is 39.5 Å². The van der Waals surface area contributed by atoms with Gasteiger partial charge in [0.15, 0.2) is 5.82 Å². The van der Waals surface area contributed by atoms with Crippen molar-refractivity contribution in [1.29, 1.82) is 0 Å². The fraction of sp³-hybridized carbons (Fsp3) is 0.0952. The molecule has 0 unspecified atom stereocenters. The highest BCUT2D eigenvalue weighted by molar-refractivity contribution is 5.71. The van der Waals surface area contributed by atoms with Gasteiger partial charge in [-0.05, 0) is 36.8 Å². The van der Waals surface area contributed by atoms with E-state index in [1.165, 1.54) is 0 Å². The zero-order chi connectivity index (χ0) is 17.9. The van der Waals surface area contributed by atoms with Gasteiger partial charge in [-0.15, -0.1) is 0 Å². The highest BCUT2D eigenvalue weighted by atomic mass is 16.5. The highest BCUT2D eigenvalue weighted by Crippen LogP contribution is 2.30. The summed E-state index contributed by atoms with van der Waals surface area (Å²) in [6.45, 7) is 1.99. The van der Waals surface area contributed by atoms with E-state index in [-0.39, 0.29) is 0 Å². The fourth-order valence-corrected chi connectivity index (χ4v) is 2.75. The van der Waals surface area contributed by atoms with Gasteiger partial charge in [0.05, 0.1) is 19.0 Å². The maximum atomic E-state index is 5.42. The molecule has 0 spiro atoms. The van der Waals surface area contributed by atoms with Crippen LogP contribution in [-0.4, -0.2) is 26.9 Å². The van der Waals surface area contributed by atoms with Crippen LogP contribution < -0.4 is 4.74 Å². The minimum atomic E-state index is 0.729. The van der Waals surface area contributed by atoms with Crippen molar-refractivity contribution in [2.45, 2.75) is 6.92 Å². The zero-order valence-electron chi connectivity index (χ0n) is 14.5. The number of hydrogen-bond acceptors (Lipinski definition) is 4. The number of rotatable bonds is 4. The molecule has 0 atom stereocenters. The number of pyridine rings is 2. The van der Waals surface area contributed by atoms with Gasteiger partial charge in [0, 0.05) is 29.1 Å². The van der Waals surface area contributed by atoms with E-state index >= 15 is 0 Å². The molecule has 0 saturated heterocycles. The Morgan fingerprint density at radius 1 is 1.00 bits per heavy atom. The standard InChI is InChI=1S/C21H17N4O/c1-15-11-24-25(14-15)21-10-8-17(13-23-21)19-9-7-16(12-22-19)18-5-3-4-6-20(18)26-2/h3-12,14H,1-2H3. The molecule has 0 aliphatic carbocycles. The molecule has 26 heavy (non-hydrogen) atoms. The molecule has 0 fully saturated rings. The Balaban J connectivity index is 1.61. The number of para-hydroxylation sites is 1. The molecule has 0 amide bonds. The summed E-state index contributed by atoms with van der Waals surface area (Å²) in [5.74, 6) is 1.56. The number of aryl methyl sites for hydroxylation is 1. The van der Waals surface area contributed by atoms with E-state index in [1.54, 1.807) is 18.0 Å². The van der Waals surface area contributed by atoms with E-state index in [0.29, 0.717) is 0 Å². The van der Waals surface area contributed by atoms with Crippen molar-refractivity contribution in [2.24, 2.45) is 0 Å². The molecular formula is C21H17N4O. The summed E-state index contributed by atoms with van der Waals surface area (Å²) in [5, 5.41) is 4.26. The monoisotopic (exact) mass is 341 g/mol. The second-order valence-electron chi connectivity index (χ2n) is 5.92. The summed E-state index contributed by atoms with van der Waals surface area (Å²) in [4.78, 5) is 8.92. The summed E-state index contributed by atoms with van der Waals surface area (Å²) in [5.41, 5.74) is 4.76. The van der Waals surface area contributed by atoms with Crippen LogP contribution in [0.1, 0.15) is 5.56 Å². The number of nitrogens with zero attached hydrogens (tertiary/aromatic N) is 4. The number of ether oxygens (including phenoxy) is 1. The lowest BCUT2D eigenvalue weighted by Gasteiger charge is -2.08. The lowest BCUT2D eigenvalue weighted by molar-refractivity contribution is 0.416. The fourth-order valence-electron chi connectivity index (χ4n) is 2.75. The van der Waals surface area contributed by atoms with E-state index in [2.05, 4.69) is 21.3 Å². The first kappa shape index (κ1) is 16.0. The van der Waals surface area contributed by atoms with E-state index in [1.807, 2.05) is 67.8 Å². The normalized spacial score (nSPS) is 10.7. The van der Waals surface area contributed by atoms with Crippen LogP contribution in [0.25, 0.3) is 28.2 Å². The quantitative estimate of drug-likeness (QED) is 0.560. The number of methoxy groups -OCH3 is 1. The molecule has 4 aromatic rings. The Kier molecular flexibility index (Phi) is 4.19. The van der Waals surface area contributed by atoms with Gasteiger partial charge < -0.3 is 4.74 Å². The Morgan fingerprint density at radius 3 is 2.54 bits per heavy atom. The molecule has 0 saturated carbocycles. The Bertz CT molecular complexity index is 1020. The molecule has 1 aromatic carbocycles. The lowest BCUT2D eigenvalue weighted by atomic mass is 10.1. The minimum absolute atomic E-state index is 0.729. The van der Waals surface area contributed by atoms with Crippen LogP contribution in [0.3, 0.4) is 0 Å². The summed E-state index contributed by atoms with van der Waals surface area (Å²) in [6, 6.07) is 15.7. The van der Waals surface area contributed by atoms with Crippen molar-refractivity contribution in [3.05, 3.63) is 78.9 Å². The van der Waals surface area contributed by atoms with Crippen LogP contribution in [0.4, 0.5) is 0 Å². The third-order valence-corrected chi connectivity index (χ3v) is 4.09. The second-order valence-corrected chi connectivity index (χ2v) is 5.92. The van der Waals surface area contributed by atoms with Crippen molar-refractivity contribution < 1.29 is 4.74 Å². The lowest BCUT2D eigenvalue weighted by Crippen LogP contribution is -1.98. The maximum absolute atomic E-state index is 5.42. The third-order valence-electron chi connectivity index (χ3n) is 4.09. The average Bonchev–Trinajstić information content (AvgIpc) is 3.14. The minimum Gasteiger partial charge on any atom is -0.496 e. The van der Waals surface area contributed by atoms with Crippen molar-refractivity contribution in [1.82, 2.24) is 19.7 Å². The van der Waals surface area contributed by atoms with E-state index in [4.69, 9.17) is 4.74 Å². The van der Waals surface area contributed by atoms with Gasteiger partial charge in [-0.1, -0.05) is 24.3 Å². The van der Waals surface area contributed by atoms with Gasteiger partial charge in [0.2, 0.25) is 0 Å². The Hall–Kier alpha value is -3.47. The van der Waals surface area contributed by atoms with Gasteiger partial charge in [-0.3, -0.25) is 4.98 Å². The molecule has 0 N–H and O–H groups in total. The molecule has 4 rings (SSSR count). The molecule has 0 bridgehead atoms. The van der Waals surface area contributed by atoms with Crippen LogP contribution in [-0.2, 0) is 0 Å².